The summed E-state index contributed by atoms with van der Waals surface area (Å²) in [5.74, 6) is -0.869. The Morgan fingerprint density at radius 2 is 2.11 bits per heavy atom. The zero-order chi connectivity index (χ0) is 13.6. The van der Waals surface area contributed by atoms with E-state index in [0.29, 0.717) is 11.6 Å². The normalized spacial score (nSPS) is 11.1. The van der Waals surface area contributed by atoms with Gasteiger partial charge in [0.05, 0.1) is 11.3 Å². The first-order chi connectivity index (χ1) is 9.08. The van der Waals surface area contributed by atoms with Crippen LogP contribution in [0, 0.1) is 6.92 Å². The molecule has 1 N–H and O–H groups in total. The first-order valence-corrected chi connectivity index (χ1v) is 5.83. The van der Waals surface area contributed by atoms with E-state index < -0.39 is 5.97 Å². The van der Waals surface area contributed by atoms with Crippen molar-refractivity contribution in [2.75, 3.05) is 0 Å². The zero-order valence-electron chi connectivity index (χ0n) is 10.5. The molecule has 0 saturated heterocycles. The summed E-state index contributed by atoms with van der Waals surface area (Å²) >= 11 is 0. The Bertz CT molecular complexity index is 783. The van der Waals surface area contributed by atoms with Crippen LogP contribution in [0.2, 0.25) is 0 Å². The molecule has 19 heavy (non-hydrogen) atoms. The maximum Gasteiger partial charge on any atom is 0.373 e. The van der Waals surface area contributed by atoms with Crippen LogP contribution in [0.15, 0.2) is 34.9 Å². The smallest absolute Gasteiger partial charge is 0.373 e. The second kappa shape index (κ2) is 3.98. The van der Waals surface area contributed by atoms with Gasteiger partial charge in [-0.15, -0.1) is 0 Å². The average Bonchev–Trinajstić information content (AvgIpc) is 2.91. The van der Waals surface area contributed by atoms with Crippen LogP contribution in [0.1, 0.15) is 16.2 Å². The van der Waals surface area contributed by atoms with Gasteiger partial charge in [0.2, 0.25) is 11.7 Å². The van der Waals surface area contributed by atoms with Gasteiger partial charge in [-0.25, -0.2) is 9.78 Å². The minimum absolute atomic E-state index is 0.108. The summed E-state index contributed by atoms with van der Waals surface area (Å²) in [4.78, 5) is 15.2. The minimum Gasteiger partial charge on any atom is -0.475 e. The Hall–Kier alpha value is -2.56. The van der Waals surface area contributed by atoms with E-state index in [1.54, 1.807) is 6.92 Å². The van der Waals surface area contributed by atoms with E-state index in [1.165, 1.54) is 0 Å². The molecule has 1 aromatic carbocycles. The molecule has 96 valence electrons. The van der Waals surface area contributed by atoms with E-state index >= 15 is 0 Å². The number of para-hydroxylation sites is 1. The van der Waals surface area contributed by atoms with E-state index in [0.717, 1.165) is 16.5 Å². The van der Waals surface area contributed by atoms with Gasteiger partial charge >= 0.3 is 5.97 Å². The van der Waals surface area contributed by atoms with Crippen LogP contribution in [0.25, 0.3) is 22.4 Å². The van der Waals surface area contributed by atoms with Crippen molar-refractivity contribution in [2.45, 2.75) is 6.92 Å². The average molecular weight is 256 g/mol. The molecule has 3 rings (SSSR count). The fraction of sp³-hybridized carbons (Fsp3) is 0.143. The highest BCUT2D eigenvalue weighted by atomic mass is 16.4. The van der Waals surface area contributed by atoms with Crippen molar-refractivity contribution in [3.05, 3.63) is 41.9 Å². The fourth-order valence-electron chi connectivity index (χ4n) is 2.22. The number of carbonyl (C=O) groups is 1. The molecule has 5 heteroatoms. The lowest BCUT2D eigenvalue weighted by Gasteiger charge is -1.93. The van der Waals surface area contributed by atoms with Gasteiger partial charge in [-0.3, -0.25) is 0 Å². The fourth-order valence-corrected chi connectivity index (χ4v) is 2.22. The monoisotopic (exact) mass is 256 g/mol. The van der Waals surface area contributed by atoms with E-state index in [4.69, 9.17) is 9.52 Å². The van der Waals surface area contributed by atoms with Crippen LogP contribution in [0.4, 0.5) is 0 Å². The Labute approximate surface area is 109 Å². The number of hydrogen-bond donors (Lipinski definition) is 1. The molecule has 2 heterocycles. The molecule has 0 saturated carbocycles. The van der Waals surface area contributed by atoms with Gasteiger partial charge in [-0.05, 0) is 13.0 Å². The van der Waals surface area contributed by atoms with Crippen LogP contribution < -0.4 is 0 Å². The number of aromatic carboxylic acids is 1. The third-order valence-electron chi connectivity index (χ3n) is 3.12. The number of carboxylic acid groups (broad SMARTS) is 1. The number of aryl methyl sites for hydroxylation is 2. The molecule has 0 unspecified atom stereocenters. The van der Waals surface area contributed by atoms with Crippen molar-refractivity contribution in [1.82, 2.24) is 9.55 Å². The molecule has 0 atom stereocenters. The quantitative estimate of drug-likeness (QED) is 0.765. The number of fused-ring (bicyclic) bond motifs is 1. The van der Waals surface area contributed by atoms with Gasteiger partial charge in [0.1, 0.15) is 0 Å². The van der Waals surface area contributed by atoms with Crippen LogP contribution in [0.3, 0.4) is 0 Å². The summed E-state index contributed by atoms with van der Waals surface area (Å²) in [6.45, 7) is 1.63. The highest BCUT2D eigenvalue weighted by molar-refractivity contribution is 5.94. The van der Waals surface area contributed by atoms with Crippen LogP contribution >= 0.6 is 0 Å². The molecule has 0 amide bonds. The van der Waals surface area contributed by atoms with Gasteiger partial charge in [0.25, 0.3) is 0 Å². The number of benzene rings is 1. The number of nitrogens with zero attached hydrogens (tertiary/aromatic N) is 2. The highest BCUT2D eigenvalue weighted by Gasteiger charge is 2.19. The lowest BCUT2D eigenvalue weighted by molar-refractivity contribution is 0.0662. The van der Waals surface area contributed by atoms with Crippen LogP contribution in [-0.4, -0.2) is 20.6 Å². The van der Waals surface area contributed by atoms with Crippen LogP contribution in [0.5, 0.6) is 0 Å². The van der Waals surface area contributed by atoms with Crippen molar-refractivity contribution < 1.29 is 14.3 Å². The Morgan fingerprint density at radius 3 is 2.79 bits per heavy atom. The lowest BCUT2D eigenvalue weighted by Crippen LogP contribution is -1.95. The molecule has 0 fully saturated rings. The second-order valence-electron chi connectivity index (χ2n) is 4.41. The van der Waals surface area contributed by atoms with E-state index in [2.05, 4.69) is 4.98 Å². The van der Waals surface area contributed by atoms with Crippen molar-refractivity contribution in [3.8, 4) is 11.5 Å². The highest BCUT2D eigenvalue weighted by Crippen LogP contribution is 2.30. The van der Waals surface area contributed by atoms with Crippen molar-refractivity contribution in [3.63, 3.8) is 0 Å². The molecular weight excluding hydrogens is 244 g/mol. The molecule has 0 aliphatic heterocycles. The van der Waals surface area contributed by atoms with Gasteiger partial charge in [-0.1, -0.05) is 18.2 Å². The van der Waals surface area contributed by atoms with Crippen molar-refractivity contribution in [1.29, 1.82) is 0 Å². The third-order valence-corrected chi connectivity index (χ3v) is 3.12. The first-order valence-electron chi connectivity index (χ1n) is 5.83. The summed E-state index contributed by atoms with van der Waals surface area (Å²) in [7, 11) is 1.93. The van der Waals surface area contributed by atoms with Crippen molar-refractivity contribution >= 4 is 16.9 Å². The second-order valence-corrected chi connectivity index (χ2v) is 4.41. The maximum atomic E-state index is 11.0. The van der Waals surface area contributed by atoms with Gasteiger partial charge in [0, 0.05) is 24.1 Å². The molecule has 3 aromatic rings. The van der Waals surface area contributed by atoms with E-state index in [9.17, 15) is 4.79 Å². The van der Waals surface area contributed by atoms with Gasteiger partial charge < -0.3 is 14.1 Å². The molecule has 0 radical (unpaired) electrons. The Kier molecular flexibility index (Phi) is 2.41. The minimum atomic E-state index is -1.10. The number of carboxylic acids is 1. The predicted octanol–water partition coefficient (Wildman–Crippen LogP) is 2.84. The number of hydrogen-bond acceptors (Lipinski definition) is 3. The molecule has 0 spiro atoms. The van der Waals surface area contributed by atoms with E-state index in [-0.39, 0.29) is 5.76 Å². The summed E-state index contributed by atoms with van der Waals surface area (Å²) in [5.41, 5.74) is 2.23. The molecule has 0 aliphatic rings. The largest absolute Gasteiger partial charge is 0.475 e. The standard InChI is InChI=1S/C14H12N2O3/c1-8-12(14(17)18)19-13(15-8)10-7-16(2)11-6-4-3-5-9(10)11/h3-7H,1-2H3,(H,17,18). The maximum absolute atomic E-state index is 11.0. The summed E-state index contributed by atoms with van der Waals surface area (Å²) < 4.78 is 7.32. The number of rotatable bonds is 2. The summed E-state index contributed by atoms with van der Waals surface area (Å²) in [6.07, 6.45) is 1.89. The van der Waals surface area contributed by atoms with Crippen molar-refractivity contribution in [2.24, 2.45) is 7.05 Å². The SMILES string of the molecule is Cc1nc(-c2cn(C)c3ccccc23)oc1C(=O)O. The molecule has 2 aromatic heterocycles. The molecule has 5 nitrogen and oxygen atoms in total. The van der Waals surface area contributed by atoms with Crippen LogP contribution in [-0.2, 0) is 7.05 Å². The number of oxazole rings is 1. The third kappa shape index (κ3) is 1.71. The number of aromatic nitrogens is 2. The Balaban J connectivity index is 2.25. The molecular formula is C14H12N2O3. The van der Waals surface area contributed by atoms with E-state index in [1.807, 2.05) is 42.1 Å². The predicted molar refractivity (Wildman–Crippen MR) is 70.1 cm³/mol. The van der Waals surface area contributed by atoms with Gasteiger partial charge in [0.15, 0.2) is 0 Å². The topological polar surface area (TPSA) is 68.3 Å². The van der Waals surface area contributed by atoms with Gasteiger partial charge in [-0.2, -0.15) is 0 Å². The summed E-state index contributed by atoms with van der Waals surface area (Å²) in [6, 6.07) is 7.84. The summed E-state index contributed by atoms with van der Waals surface area (Å²) in [5, 5.41) is 9.99. The zero-order valence-corrected chi connectivity index (χ0v) is 10.5. The Morgan fingerprint density at radius 1 is 1.37 bits per heavy atom. The lowest BCUT2D eigenvalue weighted by atomic mass is 10.2. The first kappa shape index (κ1) is 11.5. The molecule has 0 aliphatic carbocycles. The molecule has 0 bridgehead atoms.